The lowest BCUT2D eigenvalue weighted by atomic mass is 9.78. The molecule has 0 aromatic heterocycles. The fourth-order valence-corrected chi connectivity index (χ4v) is 11.1. The summed E-state index contributed by atoms with van der Waals surface area (Å²) in [5.74, 6) is -6.24. The van der Waals surface area contributed by atoms with E-state index in [9.17, 15) is 34.5 Å². The van der Waals surface area contributed by atoms with E-state index < -0.39 is 65.9 Å². The Morgan fingerprint density at radius 2 is 1.57 bits per heavy atom. The molecule has 1 saturated carbocycles. The highest BCUT2D eigenvalue weighted by atomic mass is 35.5. The maximum Gasteiger partial charge on any atom is 0.329 e. The average molecular weight is 996 g/mol. The van der Waals surface area contributed by atoms with Gasteiger partial charge in [-0.1, -0.05) is 88.2 Å². The molecule has 1 amide bonds. The van der Waals surface area contributed by atoms with Crippen molar-refractivity contribution in [1.29, 1.82) is 0 Å². The smallest absolute Gasteiger partial charge is 0.329 e. The van der Waals surface area contributed by atoms with E-state index in [1.165, 1.54) is 12.0 Å². The molecule has 4 N–H and O–H groups in total. The Bertz CT molecular complexity index is 2020. The molecule has 5 rings (SSSR count). The average Bonchev–Trinajstić information content (AvgIpc) is 3.33. The molecule has 3 aliphatic heterocycles. The molecule has 3 heterocycles. The highest BCUT2D eigenvalue weighted by Crippen LogP contribution is 2.38. The number of ether oxygens (including phenoxy) is 4. The normalized spacial score (nSPS) is 38.2. The van der Waals surface area contributed by atoms with Crippen molar-refractivity contribution in [2.45, 2.75) is 186 Å². The highest BCUT2D eigenvalue weighted by Gasteiger charge is 2.53. The number of fused-ring (bicyclic) bond motifs is 3. The van der Waals surface area contributed by atoms with Crippen LogP contribution in [-0.4, -0.2) is 119 Å². The highest BCUT2D eigenvalue weighted by molar-refractivity contribution is 6.39. The molecule has 2 saturated heterocycles. The molecular formula is C56H83ClN2O11. The quantitative estimate of drug-likeness (QED) is 0.116. The number of rotatable bonds is 7. The van der Waals surface area contributed by atoms with Gasteiger partial charge in [-0.3, -0.25) is 14.4 Å². The molecule has 15 atom stereocenters. The molecule has 13 nitrogen and oxygen atoms in total. The van der Waals surface area contributed by atoms with E-state index in [0.29, 0.717) is 87.6 Å². The summed E-state index contributed by atoms with van der Waals surface area (Å²) in [6.07, 6.45) is 14.9. The van der Waals surface area contributed by atoms with E-state index >= 15 is 0 Å². The van der Waals surface area contributed by atoms with Gasteiger partial charge >= 0.3 is 5.97 Å². The number of Topliss-reactive ketones (excluding diaryl/α,β-unsaturated/α-hetero) is 2. The Morgan fingerprint density at radius 1 is 0.843 bits per heavy atom. The minimum Gasteiger partial charge on any atom is -0.461 e. The van der Waals surface area contributed by atoms with E-state index in [2.05, 4.69) is 12.2 Å². The van der Waals surface area contributed by atoms with Crippen LogP contribution in [0.2, 0.25) is 5.02 Å². The number of amides is 1. The Hall–Kier alpha value is -3.69. The second-order valence-corrected chi connectivity index (χ2v) is 21.6. The largest absolute Gasteiger partial charge is 0.461 e. The van der Waals surface area contributed by atoms with E-state index in [4.69, 9.17) is 30.5 Å². The summed E-state index contributed by atoms with van der Waals surface area (Å²) in [5.41, 5.74) is 2.37. The number of hydrogen-bond acceptors (Lipinski definition) is 12. The zero-order valence-electron chi connectivity index (χ0n) is 43.2. The van der Waals surface area contributed by atoms with Gasteiger partial charge < -0.3 is 44.5 Å². The number of anilines is 1. The number of nitrogens with one attached hydrogen (secondary N) is 1. The third kappa shape index (κ3) is 15.4. The number of ketones is 2. The summed E-state index contributed by atoms with van der Waals surface area (Å²) in [7, 11) is 3.05. The lowest BCUT2D eigenvalue weighted by Crippen LogP contribution is -2.61. The second-order valence-electron chi connectivity index (χ2n) is 21.2. The third-order valence-corrected chi connectivity index (χ3v) is 15.7. The lowest BCUT2D eigenvalue weighted by molar-refractivity contribution is -0.263. The van der Waals surface area contributed by atoms with Crippen molar-refractivity contribution in [2.24, 2.45) is 35.5 Å². The first-order valence-corrected chi connectivity index (χ1v) is 26.3. The molecule has 390 valence electrons. The van der Waals surface area contributed by atoms with Crippen molar-refractivity contribution in [3.8, 4) is 0 Å². The van der Waals surface area contributed by atoms with Crippen molar-refractivity contribution < 1.29 is 53.4 Å². The number of hydrogen-bond donors (Lipinski definition) is 4. The second kappa shape index (κ2) is 26.8. The molecular weight excluding hydrogens is 912 g/mol. The van der Waals surface area contributed by atoms with Crippen LogP contribution in [0, 0.1) is 35.5 Å². The van der Waals surface area contributed by atoms with Crippen LogP contribution in [0.5, 0.6) is 0 Å². The lowest BCUT2D eigenvalue weighted by Gasteiger charge is -2.43. The fraction of sp³-hybridized carbons (Fsp3) is 0.679. The maximum atomic E-state index is 14.5. The number of aliphatic hydroxyl groups is 3. The molecule has 0 radical (unpaired) electrons. The maximum absolute atomic E-state index is 14.5. The molecule has 1 aromatic rings. The Labute approximate surface area is 422 Å². The van der Waals surface area contributed by atoms with Crippen LogP contribution < -0.4 is 5.32 Å². The van der Waals surface area contributed by atoms with Gasteiger partial charge in [0.05, 0.1) is 18.3 Å². The Balaban J connectivity index is 1.48. The predicted octanol–water partition coefficient (Wildman–Crippen LogP) is 9.12. The van der Waals surface area contributed by atoms with Crippen molar-refractivity contribution >= 4 is 40.7 Å². The molecule has 1 aliphatic carbocycles. The zero-order valence-corrected chi connectivity index (χ0v) is 43.9. The van der Waals surface area contributed by atoms with Crippen LogP contribution >= 0.6 is 11.6 Å². The van der Waals surface area contributed by atoms with Gasteiger partial charge in [-0.05, 0) is 151 Å². The molecule has 4 aliphatic rings. The molecule has 3 fully saturated rings. The number of piperidine rings is 1. The van der Waals surface area contributed by atoms with Crippen molar-refractivity contribution in [1.82, 2.24) is 4.90 Å². The Morgan fingerprint density at radius 3 is 2.27 bits per heavy atom. The standard InChI is InChI=1S/C56H83ClN2O11/c1-34-15-11-10-12-16-36(3)45(58-43-23-21-42(57)22-24-43)33-44-25-19-40(7)56(66,70-44)53(63)54(64)59-28-14-13-17-46(59)55(65)69-48(37(4)31-41-20-26-47(60)49(32-41)67-8)27-18-35(2)30-39(6)51(62)52(68-9)50(61)38(5)29-34/h10-12,15-16,21-24,30,34-35,37-38,40-41,44-49,51-52,58,60,62,66H,13-14,17-20,25-29,31-33H2,1-9H3/b12-10+,15-11+,36-16+,39-30+/t34-,35+,37-,38?,40?,41?,44+,45-,46?,47-,48+,49?,51?,52+,56?/m1/s1. The topological polar surface area (TPSA) is 181 Å². The van der Waals surface area contributed by atoms with Crippen LogP contribution in [-0.2, 0) is 38.1 Å². The van der Waals surface area contributed by atoms with Gasteiger partial charge in [0.25, 0.3) is 11.7 Å². The van der Waals surface area contributed by atoms with Crippen LogP contribution in [0.1, 0.15) is 132 Å². The van der Waals surface area contributed by atoms with E-state index in [0.717, 1.165) is 17.7 Å². The number of esters is 1. The number of benzene rings is 1. The summed E-state index contributed by atoms with van der Waals surface area (Å²) in [4.78, 5) is 58.5. The van der Waals surface area contributed by atoms with Gasteiger partial charge in [0.15, 0.2) is 5.78 Å². The summed E-state index contributed by atoms with van der Waals surface area (Å²) < 4.78 is 24.1. The van der Waals surface area contributed by atoms with Crippen LogP contribution in [0.25, 0.3) is 0 Å². The van der Waals surface area contributed by atoms with Crippen LogP contribution in [0.3, 0.4) is 0 Å². The summed E-state index contributed by atoms with van der Waals surface area (Å²) in [6.45, 7) is 13.6. The summed E-state index contributed by atoms with van der Waals surface area (Å²) >= 11 is 6.22. The number of carbonyl (C=O) groups excluding carboxylic acids is 4. The first-order valence-electron chi connectivity index (χ1n) is 25.9. The van der Waals surface area contributed by atoms with Gasteiger partial charge in [0, 0.05) is 49.4 Å². The first kappa shape index (κ1) is 57.2. The van der Waals surface area contributed by atoms with Gasteiger partial charge in [-0.2, -0.15) is 0 Å². The van der Waals surface area contributed by atoms with E-state index in [1.807, 2.05) is 76.3 Å². The number of aliphatic hydroxyl groups excluding tert-OH is 2. The van der Waals surface area contributed by atoms with Crippen molar-refractivity contribution in [3.63, 3.8) is 0 Å². The molecule has 70 heavy (non-hydrogen) atoms. The number of carbonyl (C=O) groups is 4. The van der Waals surface area contributed by atoms with Gasteiger partial charge in [-0.15, -0.1) is 0 Å². The van der Waals surface area contributed by atoms with Crippen molar-refractivity contribution in [3.05, 3.63) is 76.9 Å². The fourth-order valence-electron chi connectivity index (χ4n) is 11.0. The summed E-state index contributed by atoms with van der Waals surface area (Å²) in [6, 6.07) is 5.99. The van der Waals surface area contributed by atoms with E-state index in [-0.39, 0.29) is 54.1 Å². The zero-order chi connectivity index (χ0) is 51.3. The summed E-state index contributed by atoms with van der Waals surface area (Å²) in [5, 5.41) is 38.4. The number of methoxy groups -OCH3 is 2. The number of allylic oxidation sites excluding steroid dienone is 6. The molecule has 14 heteroatoms. The molecule has 0 spiro atoms. The molecule has 7 unspecified atom stereocenters. The molecule has 1 aromatic carbocycles. The van der Waals surface area contributed by atoms with Crippen LogP contribution in [0.4, 0.5) is 5.69 Å². The SMILES string of the molecule is COC1CC(C[C@@H](C)[C@@H]2CC[C@H](C)/C=C(\C)C(O)[C@@H](OC)C(=O)C(C)C[C@H](C)/C=C/C=C/C=C(\C)[C@H](Nc3ccc(Cl)cc3)C[C@@H]3CCC(C)C(O)(O3)C(=O)C(=O)N3CCCCC3C(=O)O2)CC[C@H]1O. The minimum atomic E-state index is -2.41. The van der Waals surface area contributed by atoms with E-state index in [1.54, 1.807) is 33.1 Å². The van der Waals surface area contributed by atoms with Crippen LogP contribution in [0.15, 0.2) is 71.9 Å². The predicted molar refractivity (Wildman–Crippen MR) is 273 cm³/mol. The first-order chi connectivity index (χ1) is 33.3. The minimum absolute atomic E-state index is 0.0471. The van der Waals surface area contributed by atoms with Gasteiger partial charge in [0.1, 0.15) is 24.4 Å². The Kier molecular flexibility index (Phi) is 21.9. The van der Waals surface area contributed by atoms with Crippen molar-refractivity contribution in [2.75, 3.05) is 26.1 Å². The van der Waals surface area contributed by atoms with Gasteiger partial charge in [0.2, 0.25) is 5.79 Å². The number of nitrogens with zero attached hydrogens (tertiary/aromatic N) is 1. The van der Waals surface area contributed by atoms with Gasteiger partial charge in [-0.25, -0.2) is 4.79 Å². The number of halogens is 1. The monoisotopic (exact) mass is 995 g/mol. The third-order valence-electron chi connectivity index (χ3n) is 15.5. The molecule has 2 bridgehead atoms. The number of cyclic esters (lactones) is 1.